The highest BCUT2D eigenvalue weighted by Crippen LogP contribution is 2.49. The van der Waals surface area contributed by atoms with Gasteiger partial charge in [0, 0.05) is 44.4 Å². The van der Waals surface area contributed by atoms with Crippen molar-refractivity contribution in [2.24, 2.45) is 5.73 Å². The fourth-order valence-corrected chi connectivity index (χ4v) is 4.45. The van der Waals surface area contributed by atoms with E-state index in [9.17, 15) is 9.59 Å². The van der Waals surface area contributed by atoms with Crippen molar-refractivity contribution in [3.05, 3.63) is 59.4 Å². The molecule has 0 radical (unpaired) electrons. The average Bonchev–Trinajstić information content (AvgIpc) is 2.99. The van der Waals surface area contributed by atoms with Crippen LogP contribution in [-0.2, 0) is 21.6 Å². The smallest absolute Gasteiger partial charge is 0.410 e. The molecule has 0 bridgehead atoms. The number of fused-ring (bicyclic) bond motifs is 2. The van der Waals surface area contributed by atoms with Crippen molar-refractivity contribution in [3.8, 4) is 5.75 Å². The molecule has 1 spiro atoms. The highest BCUT2D eigenvalue weighted by molar-refractivity contribution is 6.08. The Morgan fingerprint density at radius 3 is 2.58 bits per heavy atom. The van der Waals surface area contributed by atoms with Crippen LogP contribution in [0.15, 0.2) is 42.5 Å². The second kappa shape index (κ2) is 8.55. The van der Waals surface area contributed by atoms with Gasteiger partial charge in [-0.2, -0.15) is 0 Å². The standard InChI is InChI=1S/C23H26FN3O4/c1-26-19-14-17(30-12-9-25)13-18(24)20(19)23(21(26)28)7-10-27(11-8-23)22(29)31-15-16-5-3-2-4-6-16/h2-6,13-14H,7-12,15,25H2,1H3. The lowest BCUT2D eigenvalue weighted by atomic mass is 9.73. The summed E-state index contributed by atoms with van der Waals surface area (Å²) in [6, 6.07) is 12.4. The lowest BCUT2D eigenvalue weighted by Gasteiger charge is -2.37. The summed E-state index contributed by atoms with van der Waals surface area (Å²) >= 11 is 0. The molecule has 1 saturated heterocycles. The van der Waals surface area contributed by atoms with Gasteiger partial charge in [0.2, 0.25) is 5.91 Å². The van der Waals surface area contributed by atoms with Crippen LogP contribution in [0.2, 0.25) is 0 Å². The molecule has 2 aliphatic heterocycles. The van der Waals surface area contributed by atoms with Gasteiger partial charge in [-0.25, -0.2) is 9.18 Å². The summed E-state index contributed by atoms with van der Waals surface area (Å²) in [7, 11) is 1.64. The van der Waals surface area contributed by atoms with Crippen LogP contribution in [0.1, 0.15) is 24.0 Å². The summed E-state index contributed by atoms with van der Waals surface area (Å²) in [5.41, 5.74) is 6.28. The van der Waals surface area contributed by atoms with Crippen LogP contribution in [0.4, 0.5) is 14.9 Å². The number of likely N-dealkylation sites (tertiary alicyclic amines) is 1. The zero-order valence-corrected chi connectivity index (χ0v) is 17.5. The summed E-state index contributed by atoms with van der Waals surface area (Å²) in [6.07, 6.45) is 0.247. The molecule has 0 saturated carbocycles. The monoisotopic (exact) mass is 427 g/mol. The Morgan fingerprint density at radius 2 is 1.90 bits per heavy atom. The zero-order chi connectivity index (χ0) is 22.0. The van der Waals surface area contributed by atoms with E-state index in [4.69, 9.17) is 15.2 Å². The maximum atomic E-state index is 15.1. The van der Waals surface area contributed by atoms with Gasteiger partial charge in [-0.3, -0.25) is 4.79 Å². The van der Waals surface area contributed by atoms with Crippen LogP contribution < -0.4 is 15.4 Å². The molecular formula is C23H26FN3O4. The molecule has 0 aromatic heterocycles. The Kier molecular flexibility index (Phi) is 5.82. The van der Waals surface area contributed by atoms with E-state index >= 15 is 4.39 Å². The number of ether oxygens (including phenoxy) is 2. The third-order valence-electron chi connectivity index (χ3n) is 6.06. The van der Waals surface area contributed by atoms with Gasteiger partial charge < -0.3 is 25.0 Å². The number of rotatable bonds is 5. The quantitative estimate of drug-likeness (QED) is 0.793. The van der Waals surface area contributed by atoms with Gasteiger partial charge in [-0.05, 0) is 18.4 Å². The average molecular weight is 427 g/mol. The minimum Gasteiger partial charge on any atom is -0.492 e. The van der Waals surface area contributed by atoms with E-state index in [1.807, 2.05) is 30.3 Å². The number of anilines is 1. The molecule has 2 heterocycles. The minimum atomic E-state index is -0.975. The van der Waals surface area contributed by atoms with Crippen molar-refractivity contribution in [1.29, 1.82) is 0 Å². The second-order valence-electron chi connectivity index (χ2n) is 7.91. The van der Waals surface area contributed by atoms with E-state index in [1.165, 1.54) is 11.0 Å². The number of carbonyl (C=O) groups is 2. The molecule has 2 aromatic rings. The summed E-state index contributed by atoms with van der Waals surface area (Å²) in [6.45, 7) is 1.40. The summed E-state index contributed by atoms with van der Waals surface area (Å²) < 4.78 is 26.0. The first-order valence-electron chi connectivity index (χ1n) is 10.4. The van der Waals surface area contributed by atoms with Crippen LogP contribution in [0.5, 0.6) is 5.75 Å². The lowest BCUT2D eigenvalue weighted by molar-refractivity contribution is -0.124. The number of carbonyl (C=O) groups excluding carboxylic acids is 2. The number of piperidine rings is 1. The van der Waals surface area contributed by atoms with E-state index < -0.39 is 17.3 Å². The van der Waals surface area contributed by atoms with Crippen LogP contribution in [-0.4, -0.2) is 50.2 Å². The molecule has 0 unspecified atom stereocenters. The Hall–Kier alpha value is -3.13. The topological polar surface area (TPSA) is 85.1 Å². The van der Waals surface area contributed by atoms with Crippen molar-refractivity contribution >= 4 is 17.7 Å². The van der Waals surface area contributed by atoms with Crippen LogP contribution in [0, 0.1) is 5.82 Å². The van der Waals surface area contributed by atoms with Gasteiger partial charge in [0.05, 0.1) is 11.1 Å². The molecule has 0 aliphatic carbocycles. The summed E-state index contributed by atoms with van der Waals surface area (Å²) in [5, 5.41) is 0. The number of hydrogen-bond acceptors (Lipinski definition) is 5. The highest BCUT2D eigenvalue weighted by Gasteiger charge is 2.53. The van der Waals surface area contributed by atoms with Gasteiger partial charge in [-0.15, -0.1) is 0 Å². The maximum Gasteiger partial charge on any atom is 0.410 e. The van der Waals surface area contributed by atoms with Gasteiger partial charge in [0.25, 0.3) is 0 Å². The molecule has 0 atom stereocenters. The number of benzene rings is 2. The Labute approximate surface area is 180 Å². The van der Waals surface area contributed by atoms with Crippen molar-refractivity contribution in [3.63, 3.8) is 0 Å². The van der Waals surface area contributed by atoms with Crippen molar-refractivity contribution in [1.82, 2.24) is 4.90 Å². The molecule has 4 rings (SSSR count). The van der Waals surface area contributed by atoms with Crippen LogP contribution in [0.3, 0.4) is 0 Å². The first-order valence-corrected chi connectivity index (χ1v) is 10.4. The Bertz CT molecular complexity index is 974. The van der Waals surface area contributed by atoms with Crippen LogP contribution in [0.25, 0.3) is 0 Å². The van der Waals surface area contributed by atoms with E-state index in [2.05, 4.69) is 0 Å². The first kappa shape index (κ1) is 21.1. The number of halogens is 1. The van der Waals surface area contributed by atoms with Gasteiger partial charge >= 0.3 is 6.09 Å². The molecule has 2 amide bonds. The SMILES string of the molecule is CN1C(=O)C2(CCN(C(=O)OCc3ccccc3)CC2)c2c(F)cc(OCCN)cc21. The van der Waals surface area contributed by atoms with E-state index in [0.717, 1.165) is 5.56 Å². The van der Waals surface area contributed by atoms with Crippen LogP contribution >= 0.6 is 0 Å². The van der Waals surface area contributed by atoms with E-state index in [1.54, 1.807) is 18.0 Å². The predicted octanol–water partition coefficient (Wildman–Crippen LogP) is 2.81. The molecule has 164 valence electrons. The molecule has 7 nitrogen and oxygen atoms in total. The molecule has 8 heteroatoms. The largest absolute Gasteiger partial charge is 0.492 e. The van der Waals surface area contributed by atoms with E-state index in [0.29, 0.717) is 49.5 Å². The lowest BCUT2D eigenvalue weighted by Crippen LogP contribution is -2.50. The molecule has 2 N–H and O–H groups in total. The zero-order valence-electron chi connectivity index (χ0n) is 17.5. The van der Waals surface area contributed by atoms with Crippen molar-refractivity contribution in [2.75, 3.05) is 38.2 Å². The van der Waals surface area contributed by atoms with E-state index in [-0.39, 0.29) is 19.1 Å². The number of hydrogen-bond donors (Lipinski definition) is 1. The molecule has 2 aromatic carbocycles. The summed E-state index contributed by atoms with van der Waals surface area (Å²) in [5.74, 6) is -0.280. The minimum absolute atomic E-state index is 0.158. The van der Waals surface area contributed by atoms with Gasteiger partial charge in [-0.1, -0.05) is 30.3 Å². The third-order valence-corrected chi connectivity index (χ3v) is 6.06. The summed E-state index contributed by atoms with van der Waals surface area (Å²) in [4.78, 5) is 28.7. The predicted molar refractivity (Wildman–Crippen MR) is 113 cm³/mol. The van der Waals surface area contributed by atoms with Gasteiger partial charge in [0.15, 0.2) is 0 Å². The second-order valence-corrected chi connectivity index (χ2v) is 7.91. The number of nitrogens with two attached hydrogens (primary N) is 1. The Balaban J connectivity index is 1.48. The normalized spacial score (nSPS) is 17.1. The molecule has 1 fully saturated rings. The number of nitrogens with zero attached hydrogens (tertiary/aromatic N) is 2. The van der Waals surface area contributed by atoms with Gasteiger partial charge in [0.1, 0.15) is 24.8 Å². The molecule has 31 heavy (non-hydrogen) atoms. The fraction of sp³-hybridized carbons (Fsp3) is 0.391. The highest BCUT2D eigenvalue weighted by atomic mass is 19.1. The number of likely N-dealkylation sites (N-methyl/N-ethyl adjacent to an activating group) is 1. The number of amides is 2. The fourth-order valence-electron chi connectivity index (χ4n) is 4.45. The van der Waals surface area contributed by atoms with Crippen molar-refractivity contribution in [2.45, 2.75) is 24.9 Å². The Morgan fingerprint density at radius 1 is 1.19 bits per heavy atom. The third kappa shape index (κ3) is 3.83. The molecule has 2 aliphatic rings. The maximum absolute atomic E-state index is 15.1. The van der Waals surface area contributed by atoms with Crippen molar-refractivity contribution < 1.29 is 23.5 Å². The first-order chi connectivity index (χ1) is 15.0. The molecular weight excluding hydrogens is 401 g/mol.